The number of thiol groups is 8. The van der Waals surface area contributed by atoms with Crippen molar-refractivity contribution in [1.29, 1.82) is 0 Å². The highest BCUT2D eigenvalue weighted by molar-refractivity contribution is 7.89. The zero-order valence-electron chi connectivity index (χ0n) is 77.1. The van der Waals surface area contributed by atoms with Crippen LogP contribution in [-0.4, -0.2) is 140 Å². The number of methoxy groups -OCH3 is 1. The molecule has 0 aliphatic rings. The molecule has 10 aromatic carbocycles. The number of esters is 1. The third-order valence-electron chi connectivity index (χ3n) is 17.2. The molecule has 0 aliphatic heterocycles. The van der Waals surface area contributed by atoms with Crippen LogP contribution in [0.15, 0.2) is 280 Å². The summed E-state index contributed by atoms with van der Waals surface area (Å²) in [7, 11) is 4.45. The van der Waals surface area contributed by atoms with Crippen molar-refractivity contribution in [2.45, 2.75) is 78.3 Å². The van der Waals surface area contributed by atoms with Crippen molar-refractivity contribution in [2.75, 3.05) is 88.9 Å². The minimum Gasteiger partial charge on any atom is -0.465 e. The quantitative estimate of drug-likeness (QED) is 0.00465. The predicted molar refractivity (Wildman–Crippen MR) is 600 cm³/mol. The number of Topliss-reactive ketones (excluding diaryl/α,β-unsaturated/α-hetero) is 3. The fraction of sp³-hybridized carbons (Fsp3) is 0.208. The van der Waals surface area contributed by atoms with E-state index in [-0.39, 0.29) is 51.8 Å². The second-order valence-corrected chi connectivity index (χ2v) is 32.9. The van der Waals surface area contributed by atoms with Gasteiger partial charge in [0.1, 0.15) is 0 Å². The molecule has 138 heavy (non-hydrogen) atoms. The number of thiophene rings is 1. The Kier molecular flexibility index (Phi) is 68.4. The number of sulfonamides is 1. The van der Waals surface area contributed by atoms with Crippen LogP contribution in [-0.2, 0) is 58.8 Å². The Hall–Kier alpha value is -11.3. The number of nitrogens with zero attached hydrogens (tertiary/aromatic N) is 4. The van der Waals surface area contributed by atoms with Crippen molar-refractivity contribution >= 4 is 262 Å². The van der Waals surface area contributed by atoms with Gasteiger partial charge in [-0.3, -0.25) is 43.1 Å². The SMILES string of the molecule is CC(=O)Nc1ccc(NCS)cc1.CC(=O)c1ccc(CNCS)cc1.CC(=O)c1cccc(CN=C=S)c1.CCC(=O)c1ccc(NS)cc1.CN(C)C(=O)c1ccc(NS)cc1.CNC(=O)c1ccc(CN=C=S)cc1.CNC(=O)c1ccc(NCS)cc1.COC(=O)c1ccc(CN=C=S)cc1.NC(=O)c1ccc(NS)cc1.NS(=O)(=O)c1ccc(CNCS)cc1.SNCc1cccs1. The fourth-order valence-electron chi connectivity index (χ4n) is 10.1. The average Bonchev–Trinajstić information content (AvgIpc) is 1.10. The molecule has 0 radical (unpaired) electrons. The van der Waals surface area contributed by atoms with Crippen molar-refractivity contribution in [1.82, 2.24) is 30.9 Å². The summed E-state index contributed by atoms with van der Waals surface area (Å²) in [5.74, 6) is 1.78. The van der Waals surface area contributed by atoms with Crippen LogP contribution >= 0.6 is 150 Å². The molecule has 0 saturated carbocycles. The third-order valence-corrected chi connectivity index (χ3v) is 21.1. The maximum absolute atomic E-state index is 11.4. The fourth-order valence-corrected chi connectivity index (χ4v) is 12.8. The first-order chi connectivity index (χ1) is 66.1. The molecule has 11 rings (SSSR count). The molecule has 0 bridgehead atoms. The molecule has 42 heteroatoms. The standard InChI is InChI=1S/C10H10N2OS.C10H9NO2S.C10H13NOS.C10H9NOS.3C9H12N2OS.C9H11NOS.C8H12N2O2S2.C7H8N2OS.C5H7NS2/c1-11-10(13)9-4-2-8(3-5-9)6-12-7-14;1-13-10(12)9-4-2-8(3-5-9)6-11-7-14;1-8(12)10-4-2-9(3-5-10)6-11-7-13;1-8(12)10-4-2-3-9(5-10)6-11-7-13;1-11(2)9(12)7-3-5-8(10-13)6-4-7;1-10-9(12)7-2-4-8(5-3-7)11-6-13;1-7(12)11-9-4-2-8(3-5-9)10-6-13;1-2-9(11)7-3-5-8(10-12)6-4-7;9-14(11,12)8-3-1-7(2-4-8)5-10-6-13;8-7(10)5-1-3-6(9-11)4-2-5;7-6-4-5-2-1-3-8-5/h2-5H,6H2,1H3,(H,11,13);2-5H,6H2,1H3;2-5,11,13H,6-7H2,1H3;2-5H,6H2,1H3;3-6,10,13H,1-2H3;2-5,11,13H,6H2,1H3,(H,10,12);2-5,10,13H,6H2,1H3,(H,11,12);3-6,10,12H,2H2,1H3;1-4,10,13H,5-6H2,(H2,9,11,12);1-4,9,11H,(H2,8,10);1-3,6-7H,4H2. The van der Waals surface area contributed by atoms with E-state index in [1.807, 2.05) is 140 Å². The highest BCUT2D eigenvalue weighted by Gasteiger charge is 2.11. The molecule has 734 valence electrons. The summed E-state index contributed by atoms with van der Waals surface area (Å²) >= 11 is 46.6. The van der Waals surface area contributed by atoms with Gasteiger partial charge in [0, 0.05) is 151 Å². The zero-order chi connectivity index (χ0) is 103. The zero-order valence-corrected chi connectivity index (χ0v) is 88.3. The van der Waals surface area contributed by atoms with Crippen LogP contribution in [0.25, 0.3) is 0 Å². The van der Waals surface area contributed by atoms with Gasteiger partial charge in [0.25, 0.3) is 17.7 Å². The van der Waals surface area contributed by atoms with E-state index in [0.29, 0.717) is 89.5 Å². The van der Waals surface area contributed by atoms with Crippen molar-refractivity contribution in [3.8, 4) is 0 Å². The predicted octanol–water partition coefficient (Wildman–Crippen LogP) is 18.6. The summed E-state index contributed by atoms with van der Waals surface area (Å²) in [6.07, 6.45) is 0.549. The number of ether oxygens (including phenoxy) is 1. The van der Waals surface area contributed by atoms with Crippen LogP contribution in [0.4, 0.5) is 34.1 Å². The topological polar surface area (TPSA) is 422 Å². The summed E-state index contributed by atoms with van der Waals surface area (Å²) in [5.41, 5.74) is 20.7. The number of carbonyl (C=O) groups excluding carboxylic acids is 9. The number of anilines is 6. The number of nitrogens with one attached hydrogen (secondary N) is 11. The third kappa shape index (κ3) is 55.9. The number of benzene rings is 10. The van der Waals surface area contributed by atoms with Crippen molar-refractivity contribution < 1.29 is 56.3 Å². The van der Waals surface area contributed by atoms with Gasteiger partial charge in [-0.2, -0.15) is 50.5 Å². The summed E-state index contributed by atoms with van der Waals surface area (Å²) in [6.45, 7) is 10.3. The second kappa shape index (κ2) is 75.7. The number of ketones is 3. The summed E-state index contributed by atoms with van der Waals surface area (Å²) in [6, 6.07) is 75.5. The molecule has 1 aromatic heterocycles. The molecule has 11 aromatic rings. The van der Waals surface area contributed by atoms with Crippen molar-refractivity contribution in [3.05, 3.63) is 337 Å². The molecular formula is C96H115N17O12S13. The van der Waals surface area contributed by atoms with E-state index in [9.17, 15) is 51.6 Å². The normalized spacial score (nSPS) is 9.55. The molecule has 0 atom stereocenters. The molecule has 0 saturated heterocycles. The van der Waals surface area contributed by atoms with Crippen LogP contribution in [0.5, 0.6) is 0 Å². The largest absolute Gasteiger partial charge is 0.465 e. The Bertz CT molecular complexity index is 5640. The minimum absolute atomic E-state index is 0.00529. The van der Waals surface area contributed by atoms with Crippen LogP contribution in [0, 0.1) is 0 Å². The number of primary sulfonamides is 1. The molecular weight excluding hydrogens is 2000 g/mol. The minimum atomic E-state index is -3.58. The molecule has 1 heterocycles. The molecule has 0 fully saturated rings. The lowest BCUT2D eigenvalue weighted by Gasteiger charge is -2.10. The van der Waals surface area contributed by atoms with E-state index < -0.39 is 15.9 Å². The number of nitrogens with two attached hydrogens (primary N) is 2. The number of thiocarbonyl (C=S) groups is 3. The monoisotopic (exact) mass is 2110 g/mol. The smallest absolute Gasteiger partial charge is 0.337 e. The first kappa shape index (κ1) is 125. The summed E-state index contributed by atoms with van der Waals surface area (Å²) in [5, 5.41) is 33.8. The first-order valence-corrected chi connectivity index (χ1v) is 49.0. The summed E-state index contributed by atoms with van der Waals surface area (Å²) in [4.78, 5) is 114. The lowest BCUT2D eigenvalue weighted by molar-refractivity contribution is -0.114. The Morgan fingerprint density at radius 2 is 0.804 bits per heavy atom. The van der Waals surface area contributed by atoms with Gasteiger partial charge in [0.05, 0.1) is 64.4 Å². The Labute approximate surface area is 872 Å². The van der Waals surface area contributed by atoms with Gasteiger partial charge in [-0.25, -0.2) is 33.3 Å². The van der Waals surface area contributed by atoms with E-state index in [0.717, 1.165) is 80.6 Å². The lowest BCUT2D eigenvalue weighted by atomic mass is 10.1. The maximum Gasteiger partial charge on any atom is 0.337 e. The van der Waals surface area contributed by atoms with Gasteiger partial charge in [-0.15, -0.1) is 11.3 Å². The molecule has 29 nitrogen and oxygen atoms in total. The Balaban J connectivity index is 0.000000760. The van der Waals surface area contributed by atoms with E-state index in [1.54, 1.807) is 161 Å². The maximum atomic E-state index is 11.4. The molecule has 0 unspecified atom stereocenters. The molecule has 0 spiro atoms. The van der Waals surface area contributed by atoms with Gasteiger partial charge in [-0.05, 0) is 254 Å². The molecule has 0 aliphatic carbocycles. The lowest BCUT2D eigenvalue weighted by Crippen LogP contribution is -2.21. The van der Waals surface area contributed by atoms with Gasteiger partial charge in [0.2, 0.25) is 21.8 Å². The highest BCUT2D eigenvalue weighted by Crippen LogP contribution is 2.19. The van der Waals surface area contributed by atoms with Crippen LogP contribution in [0.2, 0.25) is 0 Å². The first-order valence-electron chi connectivity index (χ1n) is 41.0. The Morgan fingerprint density at radius 3 is 1.15 bits per heavy atom. The Morgan fingerprint density at radius 1 is 0.435 bits per heavy atom. The number of hydrogen-bond acceptors (Lipinski definition) is 35. The molecule has 15 N–H and O–H groups in total. The van der Waals surface area contributed by atoms with Crippen LogP contribution in [0.1, 0.15) is 150 Å². The van der Waals surface area contributed by atoms with E-state index >= 15 is 0 Å². The van der Waals surface area contributed by atoms with E-state index in [4.69, 9.17) is 10.9 Å². The molecule has 5 amide bonds. The van der Waals surface area contributed by atoms with Crippen LogP contribution < -0.4 is 67.0 Å². The number of carbonyl (C=O) groups is 9. The van der Waals surface area contributed by atoms with Gasteiger partial charge >= 0.3 is 5.97 Å². The van der Waals surface area contributed by atoms with Gasteiger partial charge < -0.3 is 66.8 Å². The van der Waals surface area contributed by atoms with Crippen LogP contribution in [0.3, 0.4) is 0 Å². The van der Waals surface area contributed by atoms with E-state index in [2.05, 4.69) is 241 Å². The second-order valence-electron chi connectivity index (χ2n) is 27.5. The number of aliphatic imine (C=N–C) groups is 3. The average molecular weight is 2120 g/mol. The number of amides is 5. The van der Waals surface area contributed by atoms with Crippen molar-refractivity contribution in [2.24, 2.45) is 25.8 Å². The highest BCUT2D eigenvalue weighted by atomic mass is 32.2. The number of isothiocyanates is 3. The number of rotatable bonds is 32. The number of primary amides is 1. The van der Waals surface area contributed by atoms with Crippen molar-refractivity contribution in [3.63, 3.8) is 0 Å². The summed E-state index contributed by atoms with van der Waals surface area (Å²) < 4.78 is 37.2. The van der Waals surface area contributed by atoms with Gasteiger partial charge in [-0.1, -0.05) is 143 Å². The van der Waals surface area contributed by atoms with Gasteiger partial charge in [0.15, 0.2) is 17.3 Å². The number of hydrogen-bond donors (Lipinski definition) is 21. The van der Waals surface area contributed by atoms with E-state index in [1.165, 1.54) is 36.6 Å².